The van der Waals surface area contributed by atoms with Gasteiger partial charge in [-0.05, 0) is 24.1 Å². The van der Waals surface area contributed by atoms with E-state index in [-0.39, 0.29) is 13.2 Å². The first kappa shape index (κ1) is 14.7. The summed E-state index contributed by atoms with van der Waals surface area (Å²) in [6.07, 6.45) is 0.550. The van der Waals surface area contributed by atoms with E-state index in [0.29, 0.717) is 12.1 Å². The Labute approximate surface area is 119 Å². The molecule has 3 N–H and O–H groups in total. The van der Waals surface area contributed by atoms with Crippen LogP contribution in [0.3, 0.4) is 0 Å². The number of nitrogens with zero attached hydrogens (tertiary/aromatic N) is 1. The fourth-order valence-corrected chi connectivity index (χ4v) is 1.81. The minimum Gasteiger partial charge on any atom is -0.396 e. The van der Waals surface area contributed by atoms with Gasteiger partial charge in [-0.25, -0.2) is 4.68 Å². The van der Waals surface area contributed by atoms with Crippen molar-refractivity contribution < 1.29 is 9.90 Å². The number of H-pyrrole nitrogens is 1. The molecule has 2 aromatic rings. The highest BCUT2D eigenvalue weighted by molar-refractivity contribution is 5.90. The SMILES string of the molecule is O=C(Cn1[nH]c(=O)ccc1=O)Nc1ccc(CCO)cc1. The smallest absolute Gasteiger partial charge is 0.265 e. The van der Waals surface area contributed by atoms with E-state index in [4.69, 9.17) is 5.11 Å². The van der Waals surface area contributed by atoms with Crippen LogP contribution in [0.1, 0.15) is 5.56 Å². The van der Waals surface area contributed by atoms with Crippen LogP contribution in [0.2, 0.25) is 0 Å². The van der Waals surface area contributed by atoms with Crippen molar-refractivity contribution in [3.8, 4) is 0 Å². The molecular weight excluding hydrogens is 274 g/mol. The number of aromatic amines is 1. The zero-order valence-corrected chi connectivity index (χ0v) is 11.2. The van der Waals surface area contributed by atoms with E-state index in [9.17, 15) is 14.4 Å². The quantitative estimate of drug-likeness (QED) is 0.703. The fourth-order valence-electron chi connectivity index (χ4n) is 1.81. The van der Waals surface area contributed by atoms with Crippen LogP contribution in [-0.4, -0.2) is 27.4 Å². The number of aliphatic hydroxyl groups is 1. The number of hydrogen-bond donors (Lipinski definition) is 3. The van der Waals surface area contributed by atoms with Crippen LogP contribution in [0, 0.1) is 0 Å². The number of aliphatic hydroxyl groups excluding tert-OH is 1. The first-order valence-electron chi connectivity index (χ1n) is 6.38. The fraction of sp³-hybridized carbons (Fsp3) is 0.214. The first-order valence-corrected chi connectivity index (χ1v) is 6.38. The number of hydrogen-bond acceptors (Lipinski definition) is 4. The van der Waals surface area contributed by atoms with Gasteiger partial charge in [0.2, 0.25) is 5.91 Å². The molecule has 0 spiro atoms. The van der Waals surface area contributed by atoms with E-state index in [1.165, 1.54) is 0 Å². The van der Waals surface area contributed by atoms with E-state index >= 15 is 0 Å². The van der Waals surface area contributed by atoms with Gasteiger partial charge in [0.05, 0.1) is 0 Å². The molecule has 7 heteroatoms. The van der Waals surface area contributed by atoms with Crippen molar-refractivity contribution in [2.24, 2.45) is 0 Å². The predicted octanol–water partition coefficient (Wildman–Crippen LogP) is -0.290. The standard InChI is InChI=1S/C14H15N3O4/c18-8-7-10-1-3-11(4-2-10)15-13(20)9-17-14(21)6-5-12(19)16-17/h1-6,18H,7-9H2,(H,15,20)(H,16,19). The Morgan fingerprint density at radius 3 is 2.52 bits per heavy atom. The van der Waals surface area contributed by atoms with Gasteiger partial charge in [0, 0.05) is 24.4 Å². The Kier molecular flexibility index (Phi) is 4.68. The van der Waals surface area contributed by atoms with Gasteiger partial charge in [0.25, 0.3) is 11.1 Å². The van der Waals surface area contributed by atoms with Crippen molar-refractivity contribution in [2.45, 2.75) is 13.0 Å². The average molecular weight is 289 g/mol. The monoisotopic (exact) mass is 289 g/mol. The minimum atomic E-state index is -0.456. The van der Waals surface area contributed by atoms with E-state index in [1.54, 1.807) is 24.3 Å². The van der Waals surface area contributed by atoms with Gasteiger partial charge < -0.3 is 10.4 Å². The molecule has 0 aliphatic rings. The molecule has 0 saturated carbocycles. The maximum atomic E-state index is 11.8. The highest BCUT2D eigenvalue weighted by atomic mass is 16.3. The second-order valence-electron chi connectivity index (χ2n) is 4.45. The normalized spacial score (nSPS) is 10.3. The van der Waals surface area contributed by atoms with Crippen LogP contribution in [-0.2, 0) is 17.8 Å². The molecule has 0 bridgehead atoms. The Hall–Kier alpha value is -2.67. The van der Waals surface area contributed by atoms with Gasteiger partial charge >= 0.3 is 0 Å². The van der Waals surface area contributed by atoms with Gasteiger partial charge in [-0.1, -0.05) is 12.1 Å². The average Bonchev–Trinajstić information content (AvgIpc) is 2.45. The summed E-state index contributed by atoms with van der Waals surface area (Å²) in [7, 11) is 0. The van der Waals surface area contributed by atoms with Crippen molar-refractivity contribution >= 4 is 11.6 Å². The summed E-state index contributed by atoms with van der Waals surface area (Å²) in [5.74, 6) is -0.422. The molecule has 2 rings (SSSR count). The molecule has 21 heavy (non-hydrogen) atoms. The molecule has 0 atom stereocenters. The third kappa shape index (κ3) is 4.15. The lowest BCUT2D eigenvalue weighted by Crippen LogP contribution is -2.32. The van der Waals surface area contributed by atoms with Crippen molar-refractivity contribution in [3.05, 3.63) is 62.7 Å². The van der Waals surface area contributed by atoms with Gasteiger partial charge in [-0.15, -0.1) is 0 Å². The molecule has 1 heterocycles. The molecule has 0 fully saturated rings. The molecule has 7 nitrogen and oxygen atoms in total. The Morgan fingerprint density at radius 1 is 1.14 bits per heavy atom. The molecule has 0 aliphatic carbocycles. The number of rotatable bonds is 5. The summed E-state index contributed by atoms with van der Waals surface area (Å²) in [4.78, 5) is 34.4. The zero-order valence-electron chi connectivity index (χ0n) is 11.2. The summed E-state index contributed by atoms with van der Waals surface area (Å²) in [5, 5.41) is 13.7. The summed E-state index contributed by atoms with van der Waals surface area (Å²) in [5.41, 5.74) is 0.630. The van der Waals surface area contributed by atoms with Crippen LogP contribution in [0.5, 0.6) is 0 Å². The number of benzene rings is 1. The second kappa shape index (κ2) is 6.67. The number of aromatic nitrogens is 2. The van der Waals surface area contributed by atoms with Crippen molar-refractivity contribution in [2.75, 3.05) is 11.9 Å². The largest absolute Gasteiger partial charge is 0.396 e. The number of carbonyl (C=O) groups excluding carboxylic acids is 1. The molecule has 0 radical (unpaired) electrons. The highest BCUT2D eigenvalue weighted by Crippen LogP contribution is 2.09. The summed E-state index contributed by atoms with van der Waals surface area (Å²) in [6.45, 7) is -0.205. The number of amides is 1. The Bertz CT molecular complexity index is 731. The summed E-state index contributed by atoms with van der Waals surface area (Å²) in [6, 6.07) is 9.22. The van der Waals surface area contributed by atoms with Crippen LogP contribution in [0.4, 0.5) is 5.69 Å². The van der Waals surface area contributed by atoms with Gasteiger partial charge in [0.1, 0.15) is 6.54 Å². The molecule has 0 unspecified atom stereocenters. The van der Waals surface area contributed by atoms with E-state index in [1.807, 2.05) is 0 Å². The van der Waals surface area contributed by atoms with E-state index in [0.717, 1.165) is 22.4 Å². The molecule has 0 saturated heterocycles. The van der Waals surface area contributed by atoms with Crippen LogP contribution in [0.15, 0.2) is 46.0 Å². The molecule has 110 valence electrons. The van der Waals surface area contributed by atoms with Gasteiger partial charge in [-0.2, -0.15) is 0 Å². The van der Waals surface area contributed by atoms with E-state index in [2.05, 4.69) is 10.4 Å². The lowest BCUT2D eigenvalue weighted by atomic mass is 10.1. The van der Waals surface area contributed by atoms with Crippen LogP contribution in [0.25, 0.3) is 0 Å². The molecular formula is C14H15N3O4. The van der Waals surface area contributed by atoms with Crippen LogP contribution >= 0.6 is 0 Å². The number of anilines is 1. The lowest BCUT2D eigenvalue weighted by Gasteiger charge is -2.07. The Morgan fingerprint density at radius 2 is 1.86 bits per heavy atom. The third-order valence-corrected chi connectivity index (χ3v) is 2.83. The maximum Gasteiger partial charge on any atom is 0.265 e. The van der Waals surface area contributed by atoms with E-state index < -0.39 is 17.0 Å². The van der Waals surface area contributed by atoms with Gasteiger partial charge in [0.15, 0.2) is 0 Å². The van der Waals surface area contributed by atoms with Crippen molar-refractivity contribution in [1.82, 2.24) is 9.78 Å². The second-order valence-corrected chi connectivity index (χ2v) is 4.45. The molecule has 1 aromatic carbocycles. The highest BCUT2D eigenvalue weighted by Gasteiger charge is 2.05. The third-order valence-electron chi connectivity index (χ3n) is 2.83. The summed E-state index contributed by atoms with van der Waals surface area (Å²) < 4.78 is 0.942. The Balaban J connectivity index is 2.03. The number of nitrogens with one attached hydrogen (secondary N) is 2. The first-order chi connectivity index (χ1) is 10.1. The molecule has 0 aliphatic heterocycles. The molecule has 1 aromatic heterocycles. The number of carbonyl (C=O) groups is 1. The minimum absolute atomic E-state index is 0.0655. The molecule has 1 amide bonds. The van der Waals surface area contributed by atoms with Gasteiger partial charge in [-0.3, -0.25) is 19.5 Å². The van der Waals surface area contributed by atoms with Crippen LogP contribution < -0.4 is 16.4 Å². The lowest BCUT2D eigenvalue weighted by molar-refractivity contribution is -0.117. The predicted molar refractivity (Wildman–Crippen MR) is 77.2 cm³/mol. The zero-order chi connectivity index (χ0) is 15.2. The topological polar surface area (TPSA) is 104 Å². The van der Waals surface area contributed by atoms with Crippen molar-refractivity contribution in [3.63, 3.8) is 0 Å². The van der Waals surface area contributed by atoms with Crippen molar-refractivity contribution in [1.29, 1.82) is 0 Å². The maximum absolute atomic E-state index is 11.8. The summed E-state index contributed by atoms with van der Waals surface area (Å²) >= 11 is 0.